The number of carboxylic acids is 1. The largest absolute Gasteiger partial charge is 0.481 e. The minimum atomic E-state index is -0.900. The third-order valence-corrected chi connectivity index (χ3v) is 7.08. The third-order valence-electron chi connectivity index (χ3n) is 7.08. The summed E-state index contributed by atoms with van der Waals surface area (Å²) in [7, 11) is 1.61. The molecule has 2 N–H and O–H groups in total. The molecule has 2 amide bonds. The summed E-state index contributed by atoms with van der Waals surface area (Å²) in [6.07, 6.45) is -0.197. The van der Waals surface area contributed by atoms with E-state index in [1.165, 1.54) is 15.6 Å². The van der Waals surface area contributed by atoms with Crippen LogP contribution in [0.25, 0.3) is 11.1 Å². The van der Waals surface area contributed by atoms with E-state index in [4.69, 9.17) is 4.74 Å². The summed E-state index contributed by atoms with van der Waals surface area (Å²) in [6, 6.07) is 17.7. The number of aliphatic carboxylic acids is 1. The van der Waals surface area contributed by atoms with Crippen LogP contribution < -0.4 is 5.32 Å². The molecule has 1 fully saturated rings. The molecular formula is C26H26N4O5. The summed E-state index contributed by atoms with van der Waals surface area (Å²) in [5, 5.41) is 16.3. The highest BCUT2D eigenvalue weighted by atomic mass is 16.5. The highest BCUT2D eigenvalue weighted by Gasteiger charge is 2.50. The molecule has 9 heteroatoms. The molecule has 9 nitrogen and oxygen atoms in total. The first-order chi connectivity index (χ1) is 16.8. The zero-order valence-corrected chi connectivity index (χ0v) is 19.5. The summed E-state index contributed by atoms with van der Waals surface area (Å²) >= 11 is 0. The third kappa shape index (κ3) is 3.82. The van der Waals surface area contributed by atoms with Crippen LogP contribution in [0.5, 0.6) is 0 Å². The van der Waals surface area contributed by atoms with Crippen LogP contribution >= 0.6 is 0 Å². The lowest BCUT2D eigenvalue weighted by molar-refractivity contribution is -0.158. The van der Waals surface area contributed by atoms with Gasteiger partial charge < -0.3 is 14.7 Å². The molecular weight excluding hydrogens is 448 g/mol. The Bertz CT molecular complexity index is 1280. The summed E-state index contributed by atoms with van der Waals surface area (Å²) in [4.78, 5) is 38.3. The average Bonchev–Trinajstić information content (AvgIpc) is 3.34. The Hall–Kier alpha value is -4.14. The molecule has 0 radical (unpaired) electrons. The second-order valence-electron chi connectivity index (χ2n) is 9.09. The van der Waals surface area contributed by atoms with Crippen molar-refractivity contribution >= 4 is 23.8 Å². The van der Waals surface area contributed by atoms with Crippen LogP contribution in [0.15, 0.2) is 54.6 Å². The second-order valence-corrected chi connectivity index (χ2v) is 9.09. The number of likely N-dealkylation sites (tertiary alicyclic amines) is 1. The second kappa shape index (κ2) is 8.57. The number of nitrogens with zero attached hydrogens (tertiary/aromatic N) is 3. The van der Waals surface area contributed by atoms with E-state index in [-0.39, 0.29) is 37.2 Å². The Balaban J connectivity index is 1.23. The van der Waals surface area contributed by atoms with Crippen molar-refractivity contribution in [2.75, 3.05) is 25.0 Å². The molecule has 0 unspecified atom stereocenters. The minimum absolute atomic E-state index is 0.0590. The Morgan fingerprint density at radius 2 is 1.69 bits per heavy atom. The Morgan fingerprint density at radius 3 is 2.26 bits per heavy atom. The summed E-state index contributed by atoms with van der Waals surface area (Å²) in [5.74, 6) is -1.02. The summed E-state index contributed by atoms with van der Waals surface area (Å²) < 4.78 is 6.95. The normalized spacial score (nSPS) is 15.7. The molecule has 0 atom stereocenters. The fourth-order valence-electron chi connectivity index (χ4n) is 4.93. The molecule has 2 aliphatic rings. The van der Waals surface area contributed by atoms with Crippen molar-refractivity contribution in [3.8, 4) is 11.1 Å². The summed E-state index contributed by atoms with van der Waals surface area (Å²) in [6.45, 7) is 2.26. The maximum absolute atomic E-state index is 12.8. The van der Waals surface area contributed by atoms with Gasteiger partial charge in [-0.05, 0) is 28.7 Å². The van der Waals surface area contributed by atoms with E-state index in [0.717, 1.165) is 22.3 Å². The Morgan fingerprint density at radius 1 is 1.09 bits per heavy atom. The monoisotopic (exact) mass is 474 g/mol. The molecule has 0 spiro atoms. The minimum Gasteiger partial charge on any atom is -0.481 e. The van der Waals surface area contributed by atoms with E-state index in [1.807, 2.05) is 36.4 Å². The van der Waals surface area contributed by atoms with E-state index in [9.17, 15) is 19.5 Å². The number of hydrogen-bond acceptors (Lipinski definition) is 5. The van der Waals surface area contributed by atoms with E-state index in [1.54, 1.807) is 14.0 Å². The van der Waals surface area contributed by atoms with Gasteiger partial charge in [-0.2, -0.15) is 5.10 Å². The molecule has 3 aromatic rings. The zero-order chi connectivity index (χ0) is 24.7. The fourth-order valence-corrected chi connectivity index (χ4v) is 4.93. The zero-order valence-electron chi connectivity index (χ0n) is 19.5. The van der Waals surface area contributed by atoms with Crippen molar-refractivity contribution in [2.45, 2.75) is 19.3 Å². The number of carbonyl (C=O) groups excluding carboxylic acids is 2. The predicted octanol–water partition coefficient (Wildman–Crippen LogP) is 3.72. The van der Waals surface area contributed by atoms with Crippen LogP contribution in [0.2, 0.25) is 0 Å². The van der Waals surface area contributed by atoms with Crippen molar-refractivity contribution in [2.24, 2.45) is 12.5 Å². The lowest BCUT2D eigenvalue weighted by atomic mass is 9.77. The first-order valence-corrected chi connectivity index (χ1v) is 11.5. The van der Waals surface area contributed by atoms with Gasteiger partial charge in [0.1, 0.15) is 17.8 Å². The van der Waals surface area contributed by atoms with Crippen molar-refractivity contribution in [1.29, 1.82) is 0 Å². The maximum atomic E-state index is 12.8. The van der Waals surface area contributed by atoms with E-state index < -0.39 is 17.5 Å². The number of aromatic nitrogens is 2. The molecule has 1 saturated heterocycles. The van der Waals surface area contributed by atoms with Crippen LogP contribution in [0, 0.1) is 5.41 Å². The first kappa shape index (κ1) is 22.6. The molecule has 5 rings (SSSR count). The van der Waals surface area contributed by atoms with Gasteiger partial charge in [0.25, 0.3) is 5.91 Å². The molecule has 0 saturated carbocycles. The van der Waals surface area contributed by atoms with Gasteiger partial charge in [0.15, 0.2) is 5.69 Å². The number of fused-ring (bicyclic) bond motifs is 3. The molecule has 1 aliphatic heterocycles. The molecule has 1 aliphatic carbocycles. The highest BCUT2D eigenvalue weighted by molar-refractivity contribution is 5.96. The lowest BCUT2D eigenvalue weighted by Gasteiger charge is -2.46. The number of carbonyl (C=O) groups is 3. The Kier molecular flexibility index (Phi) is 5.55. The van der Waals surface area contributed by atoms with Crippen LogP contribution in [-0.2, 0) is 16.6 Å². The van der Waals surface area contributed by atoms with Crippen LogP contribution in [0.3, 0.4) is 0 Å². The van der Waals surface area contributed by atoms with E-state index >= 15 is 0 Å². The van der Waals surface area contributed by atoms with Crippen LogP contribution in [-0.4, -0.2) is 57.5 Å². The number of rotatable bonds is 6. The van der Waals surface area contributed by atoms with Gasteiger partial charge in [0.2, 0.25) is 0 Å². The van der Waals surface area contributed by atoms with Gasteiger partial charge in [-0.3, -0.25) is 19.6 Å². The number of hydrogen-bond donors (Lipinski definition) is 2. The lowest BCUT2D eigenvalue weighted by Crippen LogP contribution is -2.61. The quantitative estimate of drug-likeness (QED) is 0.563. The topological polar surface area (TPSA) is 114 Å². The number of amides is 2. The number of nitrogens with one attached hydrogen (secondary N) is 1. The standard InChI is InChI=1S/C26H26N4O5/c1-3-26(24(32)33)14-30(15-26)23(31)21-12-22(29(2)28-21)27-25(34)35-13-20-18-10-6-4-8-16(18)17-9-5-7-11-19(17)20/h4-12,20H,3,13-15H2,1-2H3,(H,27,34)(H,32,33). The molecule has 0 bridgehead atoms. The fraction of sp³-hybridized carbons (Fsp3) is 0.308. The van der Waals surface area contributed by atoms with Crippen LogP contribution in [0.1, 0.15) is 40.9 Å². The van der Waals surface area contributed by atoms with Crippen molar-refractivity contribution in [3.63, 3.8) is 0 Å². The highest BCUT2D eigenvalue weighted by Crippen LogP contribution is 2.44. The van der Waals surface area contributed by atoms with E-state index in [0.29, 0.717) is 12.2 Å². The van der Waals surface area contributed by atoms with Gasteiger partial charge in [-0.15, -0.1) is 0 Å². The molecule has 2 heterocycles. The van der Waals surface area contributed by atoms with Gasteiger partial charge in [-0.1, -0.05) is 55.5 Å². The molecule has 1 aromatic heterocycles. The van der Waals surface area contributed by atoms with Crippen LogP contribution in [0.4, 0.5) is 10.6 Å². The smallest absolute Gasteiger partial charge is 0.412 e. The van der Waals surface area contributed by atoms with Gasteiger partial charge in [0, 0.05) is 32.1 Å². The van der Waals surface area contributed by atoms with Gasteiger partial charge in [0.05, 0.1) is 0 Å². The SMILES string of the molecule is CCC1(C(=O)O)CN(C(=O)c2cc(NC(=O)OCC3c4ccccc4-c4ccccc43)n(C)n2)C1. The molecule has 35 heavy (non-hydrogen) atoms. The Labute approximate surface area is 202 Å². The van der Waals surface area contributed by atoms with Crippen molar-refractivity contribution in [3.05, 3.63) is 71.4 Å². The van der Waals surface area contributed by atoms with Gasteiger partial charge >= 0.3 is 12.1 Å². The number of benzene rings is 2. The van der Waals surface area contributed by atoms with Gasteiger partial charge in [-0.25, -0.2) is 4.79 Å². The van der Waals surface area contributed by atoms with E-state index in [2.05, 4.69) is 22.5 Å². The number of anilines is 1. The predicted molar refractivity (Wildman–Crippen MR) is 128 cm³/mol. The number of ether oxygens (including phenoxy) is 1. The molecule has 180 valence electrons. The van der Waals surface area contributed by atoms with Crippen molar-refractivity contribution < 1.29 is 24.2 Å². The first-order valence-electron chi connectivity index (χ1n) is 11.5. The number of carboxylic acid groups (broad SMARTS) is 1. The average molecular weight is 475 g/mol. The van der Waals surface area contributed by atoms with Crippen molar-refractivity contribution in [1.82, 2.24) is 14.7 Å². The maximum Gasteiger partial charge on any atom is 0.412 e. The summed E-state index contributed by atoms with van der Waals surface area (Å²) in [5.41, 5.74) is 3.77. The molecule has 2 aromatic carbocycles. The number of aryl methyl sites for hydroxylation is 1.